The number of nitrogens with zero attached hydrogens (tertiary/aromatic N) is 4. The lowest BCUT2D eigenvalue weighted by atomic mass is 9.97. The zero-order valence-electron chi connectivity index (χ0n) is 25.1. The Morgan fingerprint density at radius 3 is 2.39 bits per heavy atom. The minimum Gasteiger partial charge on any atom is -0.378 e. The summed E-state index contributed by atoms with van der Waals surface area (Å²) in [7, 11) is 0. The number of aromatic nitrogens is 1. The van der Waals surface area contributed by atoms with E-state index in [0.29, 0.717) is 26.1 Å². The van der Waals surface area contributed by atoms with Crippen LogP contribution in [-0.2, 0) is 40.3 Å². The lowest BCUT2D eigenvalue weighted by Gasteiger charge is -2.37. The van der Waals surface area contributed by atoms with Crippen LogP contribution in [0.25, 0.3) is 6.08 Å². The molecule has 0 saturated carbocycles. The number of thiazole rings is 1. The number of fused-ring (bicyclic) bond motifs is 1. The average Bonchev–Trinajstić information content (AvgIpc) is 3.50. The maximum atomic E-state index is 14.5. The van der Waals surface area contributed by atoms with E-state index < -0.39 is 6.04 Å². The third-order valence-corrected chi connectivity index (χ3v) is 9.15. The minimum atomic E-state index is -0.670. The van der Waals surface area contributed by atoms with Crippen LogP contribution in [0.15, 0.2) is 90.3 Å². The Labute approximate surface area is 263 Å². The monoisotopic (exact) mass is 606 g/mol. The van der Waals surface area contributed by atoms with Gasteiger partial charge < -0.3 is 19.4 Å². The molecule has 7 nitrogen and oxygen atoms in total. The number of anilines is 1. The maximum Gasteiger partial charge on any atom is 0.247 e. The maximum absolute atomic E-state index is 14.5. The summed E-state index contributed by atoms with van der Waals surface area (Å²) in [5, 5.41) is 2.88. The van der Waals surface area contributed by atoms with E-state index in [9.17, 15) is 9.59 Å². The molecule has 4 aromatic rings. The second-order valence-corrected chi connectivity index (χ2v) is 12.4. The van der Waals surface area contributed by atoms with Crippen LogP contribution in [0.3, 0.4) is 0 Å². The summed E-state index contributed by atoms with van der Waals surface area (Å²) in [6.45, 7) is 6.60. The van der Waals surface area contributed by atoms with E-state index in [1.54, 1.807) is 28.4 Å². The van der Waals surface area contributed by atoms with Crippen molar-refractivity contribution in [3.05, 3.63) is 123 Å². The van der Waals surface area contributed by atoms with Crippen molar-refractivity contribution in [2.45, 2.75) is 38.9 Å². The smallest absolute Gasteiger partial charge is 0.247 e. The number of aryl methyl sites for hydroxylation is 1. The van der Waals surface area contributed by atoms with Gasteiger partial charge in [-0.15, -0.1) is 11.3 Å². The molecule has 226 valence electrons. The van der Waals surface area contributed by atoms with Crippen molar-refractivity contribution in [2.75, 3.05) is 37.7 Å². The number of carbonyl (C=O) groups excluding carboxylic acids is 2. The molecule has 3 aromatic carbocycles. The molecule has 0 unspecified atom stereocenters. The third-order valence-electron chi connectivity index (χ3n) is 8.36. The van der Waals surface area contributed by atoms with Gasteiger partial charge in [0.15, 0.2) is 0 Å². The highest BCUT2D eigenvalue weighted by Gasteiger charge is 2.34. The number of hydrogen-bond acceptors (Lipinski definition) is 6. The number of amides is 2. The van der Waals surface area contributed by atoms with Crippen LogP contribution in [0, 0.1) is 6.92 Å². The van der Waals surface area contributed by atoms with Crippen molar-refractivity contribution in [3.63, 3.8) is 0 Å². The molecule has 6 rings (SSSR count). The highest BCUT2D eigenvalue weighted by molar-refractivity contribution is 7.09. The molecule has 1 saturated heterocycles. The number of carbonyl (C=O) groups is 2. The number of hydrogen-bond donors (Lipinski definition) is 0. The molecule has 0 bridgehead atoms. The second-order valence-electron chi connectivity index (χ2n) is 11.3. The van der Waals surface area contributed by atoms with Gasteiger partial charge in [-0.1, -0.05) is 66.7 Å². The molecule has 0 spiro atoms. The van der Waals surface area contributed by atoms with Gasteiger partial charge in [0.05, 0.1) is 23.9 Å². The molecule has 2 amide bonds. The van der Waals surface area contributed by atoms with Crippen molar-refractivity contribution in [1.29, 1.82) is 0 Å². The zero-order valence-corrected chi connectivity index (χ0v) is 25.9. The predicted molar refractivity (Wildman–Crippen MR) is 175 cm³/mol. The molecule has 0 N–H and O–H groups in total. The summed E-state index contributed by atoms with van der Waals surface area (Å²) in [5.74, 6) is -0.237. The van der Waals surface area contributed by atoms with Gasteiger partial charge in [0, 0.05) is 56.3 Å². The molecule has 44 heavy (non-hydrogen) atoms. The lowest BCUT2D eigenvalue weighted by Crippen LogP contribution is -2.52. The lowest BCUT2D eigenvalue weighted by molar-refractivity contribution is -0.144. The molecule has 2 aliphatic heterocycles. The van der Waals surface area contributed by atoms with Crippen LogP contribution in [0.1, 0.15) is 33.0 Å². The van der Waals surface area contributed by atoms with Gasteiger partial charge in [0.2, 0.25) is 11.8 Å². The Kier molecular flexibility index (Phi) is 9.48. The van der Waals surface area contributed by atoms with Crippen molar-refractivity contribution in [2.24, 2.45) is 0 Å². The fraction of sp³-hybridized carbons (Fsp3) is 0.306. The topological polar surface area (TPSA) is 66.0 Å². The predicted octanol–water partition coefficient (Wildman–Crippen LogP) is 5.53. The highest BCUT2D eigenvalue weighted by Crippen LogP contribution is 2.24. The van der Waals surface area contributed by atoms with Gasteiger partial charge in [-0.05, 0) is 53.8 Å². The standard InChI is InChI=1S/C36H38N4O3S/c1-27-37-32(26-44-27)13-16-35(41)40(24-29-11-14-33(15-12-29)38-19-21-43-22-20-38)34(23-28-7-3-2-4-8-28)36(42)39-18-17-30-9-5-6-10-31(30)25-39/h2-16,26,34H,17-25H2,1H3/t34-/m0/s1. The first-order valence-electron chi connectivity index (χ1n) is 15.3. The van der Waals surface area contributed by atoms with Gasteiger partial charge in [0.25, 0.3) is 0 Å². The third kappa shape index (κ3) is 7.26. The number of ether oxygens (including phenoxy) is 1. The molecule has 0 aliphatic carbocycles. The molecule has 1 aromatic heterocycles. The van der Waals surface area contributed by atoms with Crippen LogP contribution < -0.4 is 4.90 Å². The second kappa shape index (κ2) is 14.0. The van der Waals surface area contributed by atoms with E-state index in [0.717, 1.165) is 60.2 Å². The normalized spacial score (nSPS) is 15.7. The van der Waals surface area contributed by atoms with E-state index in [2.05, 4.69) is 52.3 Å². The first kappa shape index (κ1) is 29.8. The summed E-state index contributed by atoms with van der Waals surface area (Å²) < 4.78 is 5.52. The summed E-state index contributed by atoms with van der Waals surface area (Å²) >= 11 is 1.55. The molecule has 2 aliphatic rings. The summed E-state index contributed by atoms with van der Waals surface area (Å²) in [6, 6.07) is 26.0. The van der Waals surface area contributed by atoms with Crippen molar-refractivity contribution < 1.29 is 14.3 Å². The van der Waals surface area contributed by atoms with Gasteiger partial charge in [0.1, 0.15) is 6.04 Å². The van der Waals surface area contributed by atoms with Crippen LogP contribution in [-0.4, -0.2) is 65.5 Å². The van der Waals surface area contributed by atoms with Gasteiger partial charge in [-0.2, -0.15) is 0 Å². The first-order valence-corrected chi connectivity index (χ1v) is 16.1. The Morgan fingerprint density at radius 2 is 1.66 bits per heavy atom. The van der Waals surface area contributed by atoms with Crippen LogP contribution in [0.4, 0.5) is 5.69 Å². The van der Waals surface area contributed by atoms with Crippen LogP contribution in [0.2, 0.25) is 0 Å². The number of morpholine rings is 1. The van der Waals surface area contributed by atoms with Gasteiger partial charge in [-0.3, -0.25) is 9.59 Å². The summed E-state index contributed by atoms with van der Waals surface area (Å²) in [5.41, 5.74) is 6.32. The van der Waals surface area contributed by atoms with Crippen LogP contribution >= 0.6 is 11.3 Å². The molecular weight excluding hydrogens is 568 g/mol. The first-order chi connectivity index (χ1) is 21.5. The van der Waals surface area contributed by atoms with Gasteiger partial charge >= 0.3 is 0 Å². The summed E-state index contributed by atoms with van der Waals surface area (Å²) in [4.78, 5) is 39.0. The van der Waals surface area contributed by atoms with Crippen molar-refractivity contribution in [1.82, 2.24) is 14.8 Å². The van der Waals surface area contributed by atoms with E-state index in [-0.39, 0.29) is 11.8 Å². The zero-order chi connectivity index (χ0) is 30.3. The minimum absolute atomic E-state index is 0.0282. The highest BCUT2D eigenvalue weighted by atomic mass is 32.1. The van der Waals surface area contributed by atoms with E-state index >= 15 is 0 Å². The summed E-state index contributed by atoms with van der Waals surface area (Å²) in [6.07, 6.45) is 4.55. The SMILES string of the molecule is Cc1nc(C=CC(=O)N(Cc2ccc(N3CCOCC3)cc2)[C@@H](Cc2ccccc2)C(=O)N2CCc3ccccc3C2)cs1. The van der Waals surface area contributed by atoms with E-state index in [4.69, 9.17) is 4.74 Å². The average molecular weight is 607 g/mol. The molecule has 1 atom stereocenters. The molecule has 8 heteroatoms. The van der Waals surface area contributed by atoms with E-state index in [1.807, 2.05) is 53.6 Å². The molecule has 1 fully saturated rings. The number of benzene rings is 3. The molecular formula is C36H38N4O3S. The number of rotatable bonds is 9. The largest absolute Gasteiger partial charge is 0.378 e. The quantitative estimate of drug-likeness (QED) is 0.235. The van der Waals surface area contributed by atoms with Gasteiger partial charge in [-0.25, -0.2) is 4.98 Å². The van der Waals surface area contributed by atoms with Crippen molar-refractivity contribution >= 4 is 34.9 Å². The Morgan fingerprint density at radius 1 is 0.932 bits per heavy atom. The Bertz CT molecular complexity index is 1600. The Hall–Kier alpha value is -4.27. The molecule has 3 heterocycles. The van der Waals surface area contributed by atoms with Crippen molar-refractivity contribution in [3.8, 4) is 0 Å². The van der Waals surface area contributed by atoms with Crippen LogP contribution in [0.5, 0.6) is 0 Å². The molecule has 0 radical (unpaired) electrons. The fourth-order valence-corrected chi connectivity index (χ4v) is 6.52. The Balaban J connectivity index is 1.32. The van der Waals surface area contributed by atoms with E-state index in [1.165, 1.54) is 11.1 Å². The fourth-order valence-electron chi connectivity index (χ4n) is 5.94.